The van der Waals surface area contributed by atoms with Gasteiger partial charge in [-0.25, -0.2) is 0 Å². The number of esters is 2. The molecule has 0 bridgehead atoms. The van der Waals surface area contributed by atoms with Gasteiger partial charge in [0.05, 0.1) is 24.0 Å². The van der Waals surface area contributed by atoms with Gasteiger partial charge >= 0.3 is 11.9 Å². The molecule has 0 fully saturated rings. The second-order valence-electron chi connectivity index (χ2n) is 8.18. The summed E-state index contributed by atoms with van der Waals surface area (Å²) in [4.78, 5) is 23.6. The molecule has 0 rings (SSSR count). The van der Waals surface area contributed by atoms with Crippen molar-refractivity contribution < 1.29 is 19.1 Å². The highest BCUT2D eigenvalue weighted by Gasteiger charge is 2.29. The van der Waals surface area contributed by atoms with E-state index in [-0.39, 0.29) is 22.8 Å². The molecule has 0 atom stereocenters. The summed E-state index contributed by atoms with van der Waals surface area (Å²) in [6, 6.07) is 0. The Bertz CT molecular complexity index is 349. The Kier molecular flexibility index (Phi) is 11.8. The zero-order valence-electron chi connectivity index (χ0n) is 17.4. The van der Waals surface area contributed by atoms with E-state index in [0.29, 0.717) is 13.2 Å². The Balaban J connectivity index is 3.68. The second-order valence-corrected chi connectivity index (χ2v) is 8.18. The molecule has 0 spiro atoms. The molecule has 0 N–H and O–H groups in total. The largest absolute Gasteiger partial charge is 0.466 e. The molecule has 4 heteroatoms. The summed E-state index contributed by atoms with van der Waals surface area (Å²) in [5.41, 5.74) is -0.733. The van der Waals surface area contributed by atoms with Crippen molar-refractivity contribution in [1.82, 2.24) is 0 Å². The average Bonchev–Trinajstić information content (AvgIpc) is 2.53. The van der Waals surface area contributed by atoms with Crippen LogP contribution in [0.15, 0.2) is 0 Å². The van der Waals surface area contributed by atoms with Crippen molar-refractivity contribution in [3.63, 3.8) is 0 Å². The van der Waals surface area contributed by atoms with Crippen molar-refractivity contribution in [2.24, 2.45) is 10.8 Å². The predicted octanol–water partition coefficient (Wildman–Crippen LogP) is 5.68. The maximum Gasteiger partial charge on any atom is 0.311 e. The van der Waals surface area contributed by atoms with Gasteiger partial charge in [-0.05, 0) is 54.4 Å². The molecule has 0 heterocycles. The van der Waals surface area contributed by atoms with Crippen LogP contribution in [0.25, 0.3) is 0 Å². The third kappa shape index (κ3) is 10.5. The van der Waals surface area contributed by atoms with Crippen LogP contribution in [-0.2, 0) is 19.1 Å². The molecule has 0 saturated heterocycles. The first kappa shape index (κ1) is 23.9. The highest BCUT2D eigenvalue weighted by atomic mass is 16.5. The van der Waals surface area contributed by atoms with Gasteiger partial charge in [-0.1, -0.05) is 44.9 Å². The number of unbranched alkanes of at least 4 members (excludes halogenated alkanes) is 6. The van der Waals surface area contributed by atoms with Gasteiger partial charge in [0.25, 0.3) is 0 Å². The molecule has 0 radical (unpaired) electrons. The number of carbonyl (C=O) groups excluding carboxylic acids is 2. The molecule has 0 aromatic heterocycles. The van der Waals surface area contributed by atoms with Gasteiger partial charge in [0.2, 0.25) is 0 Å². The zero-order chi connectivity index (χ0) is 19.3. The lowest BCUT2D eigenvalue weighted by atomic mass is 9.86. The molecule has 0 amide bonds. The maximum atomic E-state index is 11.8. The second kappa shape index (κ2) is 12.3. The van der Waals surface area contributed by atoms with Gasteiger partial charge < -0.3 is 9.47 Å². The maximum absolute atomic E-state index is 11.8. The summed E-state index contributed by atoms with van der Waals surface area (Å²) in [5.74, 6) is -0.168. The van der Waals surface area contributed by atoms with Crippen LogP contribution in [0.4, 0.5) is 0 Å². The molecular formula is C21H40O4. The topological polar surface area (TPSA) is 52.6 Å². The normalized spacial score (nSPS) is 12.1. The van der Waals surface area contributed by atoms with Crippen molar-refractivity contribution in [2.45, 2.75) is 99.3 Å². The summed E-state index contributed by atoms with van der Waals surface area (Å²) in [6.07, 6.45) is 9.89. The van der Waals surface area contributed by atoms with Gasteiger partial charge in [-0.15, -0.1) is 0 Å². The van der Waals surface area contributed by atoms with E-state index in [1.165, 1.54) is 19.3 Å². The minimum Gasteiger partial charge on any atom is -0.466 e. The third-order valence-corrected chi connectivity index (χ3v) is 4.76. The average molecular weight is 357 g/mol. The quantitative estimate of drug-likeness (QED) is 0.297. The summed E-state index contributed by atoms with van der Waals surface area (Å²) in [6.45, 7) is 12.5. The monoisotopic (exact) mass is 356 g/mol. The van der Waals surface area contributed by atoms with Crippen LogP contribution in [0.5, 0.6) is 0 Å². The summed E-state index contributed by atoms with van der Waals surface area (Å²) in [5, 5.41) is 0. The van der Waals surface area contributed by atoms with Crippen LogP contribution >= 0.6 is 0 Å². The number of ether oxygens (including phenoxy) is 2. The molecule has 148 valence electrons. The highest BCUT2D eigenvalue weighted by Crippen LogP contribution is 2.27. The Hall–Kier alpha value is -1.06. The van der Waals surface area contributed by atoms with Crippen LogP contribution in [0, 0.1) is 10.8 Å². The van der Waals surface area contributed by atoms with Crippen LogP contribution in [0.1, 0.15) is 99.3 Å². The lowest BCUT2D eigenvalue weighted by Crippen LogP contribution is -2.26. The van der Waals surface area contributed by atoms with Crippen LogP contribution in [0.3, 0.4) is 0 Å². The minimum atomic E-state index is -0.366. The fraction of sp³-hybridized carbons (Fsp3) is 0.905. The molecular weight excluding hydrogens is 316 g/mol. The van der Waals surface area contributed by atoms with Gasteiger partial charge in [0, 0.05) is 0 Å². The summed E-state index contributed by atoms with van der Waals surface area (Å²) < 4.78 is 10.2. The van der Waals surface area contributed by atoms with E-state index < -0.39 is 0 Å². The van der Waals surface area contributed by atoms with Gasteiger partial charge in [0.15, 0.2) is 0 Å². The Morgan fingerprint density at radius 3 is 1.16 bits per heavy atom. The van der Waals surface area contributed by atoms with Crippen LogP contribution in [-0.4, -0.2) is 25.2 Å². The fourth-order valence-corrected chi connectivity index (χ4v) is 2.87. The highest BCUT2D eigenvalue weighted by molar-refractivity contribution is 5.76. The third-order valence-electron chi connectivity index (χ3n) is 4.76. The van der Waals surface area contributed by atoms with E-state index in [1.54, 1.807) is 0 Å². The lowest BCUT2D eigenvalue weighted by Gasteiger charge is -2.22. The first-order valence-corrected chi connectivity index (χ1v) is 10.0. The predicted molar refractivity (Wildman–Crippen MR) is 102 cm³/mol. The first-order valence-electron chi connectivity index (χ1n) is 10.0. The molecule has 0 aliphatic heterocycles. The van der Waals surface area contributed by atoms with Crippen molar-refractivity contribution >= 4 is 11.9 Å². The van der Waals surface area contributed by atoms with Crippen molar-refractivity contribution in [3.8, 4) is 0 Å². The Labute approximate surface area is 155 Å². The molecule has 0 saturated carbocycles. The smallest absolute Gasteiger partial charge is 0.311 e. The zero-order valence-corrected chi connectivity index (χ0v) is 17.4. The summed E-state index contributed by atoms with van der Waals surface area (Å²) in [7, 11) is 0. The molecule has 0 aliphatic rings. The number of hydrogen-bond donors (Lipinski definition) is 0. The van der Waals surface area contributed by atoms with E-state index in [9.17, 15) is 9.59 Å². The van der Waals surface area contributed by atoms with Crippen molar-refractivity contribution in [2.75, 3.05) is 13.2 Å². The molecule has 25 heavy (non-hydrogen) atoms. The summed E-state index contributed by atoms with van der Waals surface area (Å²) >= 11 is 0. The first-order chi connectivity index (χ1) is 11.7. The van der Waals surface area contributed by atoms with Crippen molar-refractivity contribution in [3.05, 3.63) is 0 Å². The molecule has 0 aromatic carbocycles. The number of hydrogen-bond acceptors (Lipinski definition) is 4. The van der Waals surface area contributed by atoms with E-state index >= 15 is 0 Å². The van der Waals surface area contributed by atoms with Gasteiger partial charge in [-0.2, -0.15) is 0 Å². The van der Waals surface area contributed by atoms with Crippen molar-refractivity contribution in [1.29, 1.82) is 0 Å². The van der Waals surface area contributed by atoms with Gasteiger partial charge in [0.1, 0.15) is 0 Å². The molecule has 0 aliphatic carbocycles. The Morgan fingerprint density at radius 1 is 0.600 bits per heavy atom. The molecule has 0 aromatic rings. The standard InChI is InChI=1S/C21H40O4/c1-7-24-18(22)20(3,4)16-14-12-10-9-11-13-15-17-21(5,6)19(23)25-8-2/h7-17H2,1-6H3. The number of rotatable bonds is 14. The van der Waals surface area contributed by atoms with E-state index in [2.05, 4.69) is 0 Å². The van der Waals surface area contributed by atoms with Crippen LogP contribution in [0.2, 0.25) is 0 Å². The Morgan fingerprint density at radius 2 is 0.880 bits per heavy atom. The van der Waals surface area contributed by atoms with E-state index in [4.69, 9.17) is 9.47 Å². The van der Waals surface area contributed by atoms with E-state index in [1.807, 2.05) is 41.5 Å². The van der Waals surface area contributed by atoms with E-state index in [0.717, 1.165) is 38.5 Å². The van der Waals surface area contributed by atoms with Gasteiger partial charge in [-0.3, -0.25) is 9.59 Å². The SMILES string of the molecule is CCOC(=O)C(C)(C)CCCCCCCCCC(C)(C)C(=O)OCC. The molecule has 4 nitrogen and oxygen atoms in total. The van der Waals surface area contributed by atoms with Crippen LogP contribution < -0.4 is 0 Å². The minimum absolute atomic E-state index is 0.0841. The fourth-order valence-electron chi connectivity index (χ4n) is 2.87. The number of carbonyl (C=O) groups is 2. The lowest BCUT2D eigenvalue weighted by molar-refractivity contribution is -0.154. The molecule has 0 unspecified atom stereocenters.